The summed E-state index contributed by atoms with van der Waals surface area (Å²) in [7, 11) is 2.08. The van der Waals surface area contributed by atoms with E-state index >= 15 is 0 Å². The van der Waals surface area contributed by atoms with Crippen LogP contribution in [0, 0.1) is 0 Å². The van der Waals surface area contributed by atoms with Crippen LogP contribution in [0.3, 0.4) is 0 Å². The smallest absolute Gasteiger partial charge is 0.0438 e. The molecule has 2 atom stereocenters. The highest BCUT2D eigenvalue weighted by Crippen LogP contribution is 2.29. The maximum Gasteiger partial charge on any atom is 0.0438 e. The highest BCUT2D eigenvalue weighted by Gasteiger charge is 2.19. The summed E-state index contributed by atoms with van der Waals surface area (Å²) >= 11 is 2.13. The lowest BCUT2D eigenvalue weighted by Crippen LogP contribution is -2.27. The lowest BCUT2D eigenvalue weighted by atomic mass is 10.0. The van der Waals surface area contributed by atoms with Crippen LogP contribution in [0.25, 0.3) is 0 Å². The van der Waals surface area contributed by atoms with Gasteiger partial charge in [0, 0.05) is 11.3 Å². The fourth-order valence-corrected chi connectivity index (χ4v) is 3.66. The molecule has 1 aromatic rings. The van der Waals surface area contributed by atoms with Gasteiger partial charge in [0.15, 0.2) is 0 Å². The average Bonchev–Trinajstić information content (AvgIpc) is 2.43. The predicted octanol–water partition coefficient (Wildman–Crippen LogP) is 4.65. The molecule has 1 nitrogen and oxygen atoms in total. The second kappa shape index (κ2) is 9.46. The largest absolute Gasteiger partial charge is 0.312 e. The van der Waals surface area contributed by atoms with E-state index in [2.05, 4.69) is 68.3 Å². The molecule has 0 aliphatic rings. The number of benzene rings is 1. The van der Waals surface area contributed by atoms with E-state index in [0.717, 1.165) is 0 Å². The first kappa shape index (κ1) is 15.6. The molecule has 0 aliphatic carbocycles. The van der Waals surface area contributed by atoms with Gasteiger partial charge in [0.1, 0.15) is 0 Å². The monoisotopic (exact) mass is 265 g/mol. The van der Waals surface area contributed by atoms with E-state index in [1.807, 2.05) is 0 Å². The molecule has 102 valence electrons. The zero-order valence-electron chi connectivity index (χ0n) is 12.0. The fourth-order valence-electron chi connectivity index (χ4n) is 2.26. The molecule has 0 amide bonds. The molecule has 2 heteroatoms. The molecule has 2 unspecified atom stereocenters. The first-order valence-corrected chi connectivity index (χ1v) is 8.22. The molecule has 0 bridgehead atoms. The molecule has 0 saturated heterocycles. The van der Waals surface area contributed by atoms with Gasteiger partial charge in [-0.1, -0.05) is 57.0 Å². The Morgan fingerprint density at radius 3 is 2.39 bits per heavy atom. The second-order valence-electron chi connectivity index (χ2n) is 4.70. The molecule has 0 aliphatic heterocycles. The number of hydrogen-bond acceptors (Lipinski definition) is 2. The Balaban J connectivity index is 2.55. The third kappa shape index (κ3) is 5.03. The van der Waals surface area contributed by atoms with E-state index in [-0.39, 0.29) is 0 Å². The van der Waals surface area contributed by atoms with Gasteiger partial charge in [0.05, 0.1) is 0 Å². The average molecular weight is 265 g/mol. The SMILES string of the molecule is CCCCCSC(CC)C(NC)c1ccccc1. The Hall–Kier alpha value is -0.470. The quantitative estimate of drug-likeness (QED) is 0.652. The summed E-state index contributed by atoms with van der Waals surface area (Å²) in [6.07, 6.45) is 5.24. The first-order valence-electron chi connectivity index (χ1n) is 7.17. The van der Waals surface area contributed by atoms with Crippen molar-refractivity contribution in [1.29, 1.82) is 0 Å². The van der Waals surface area contributed by atoms with Gasteiger partial charge in [-0.2, -0.15) is 11.8 Å². The molecular formula is C16H27NS. The second-order valence-corrected chi connectivity index (χ2v) is 6.05. The van der Waals surface area contributed by atoms with Crippen molar-refractivity contribution in [2.75, 3.05) is 12.8 Å². The minimum Gasteiger partial charge on any atom is -0.312 e. The van der Waals surface area contributed by atoms with Crippen LogP contribution in [0.4, 0.5) is 0 Å². The van der Waals surface area contributed by atoms with Gasteiger partial charge in [0.2, 0.25) is 0 Å². The van der Waals surface area contributed by atoms with Crippen molar-refractivity contribution < 1.29 is 0 Å². The molecule has 0 radical (unpaired) electrons. The Morgan fingerprint density at radius 1 is 1.11 bits per heavy atom. The van der Waals surface area contributed by atoms with Crippen molar-refractivity contribution in [3.05, 3.63) is 35.9 Å². The van der Waals surface area contributed by atoms with E-state index in [9.17, 15) is 0 Å². The van der Waals surface area contributed by atoms with E-state index in [0.29, 0.717) is 11.3 Å². The lowest BCUT2D eigenvalue weighted by Gasteiger charge is -2.26. The maximum absolute atomic E-state index is 3.49. The van der Waals surface area contributed by atoms with Gasteiger partial charge in [-0.05, 0) is 31.2 Å². The minimum atomic E-state index is 0.475. The van der Waals surface area contributed by atoms with Gasteiger partial charge in [0.25, 0.3) is 0 Å². The van der Waals surface area contributed by atoms with Crippen molar-refractivity contribution in [2.24, 2.45) is 0 Å². The van der Waals surface area contributed by atoms with Crippen LogP contribution in [-0.2, 0) is 0 Å². The van der Waals surface area contributed by atoms with E-state index in [1.54, 1.807) is 0 Å². The van der Waals surface area contributed by atoms with Gasteiger partial charge in [-0.25, -0.2) is 0 Å². The summed E-state index contributed by atoms with van der Waals surface area (Å²) in [6, 6.07) is 11.3. The van der Waals surface area contributed by atoms with Crippen LogP contribution in [0.5, 0.6) is 0 Å². The molecule has 1 rings (SSSR count). The minimum absolute atomic E-state index is 0.475. The summed E-state index contributed by atoms with van der Waals surface area (Å²) in [6.45, 7) is 4.56. The molecule has 0 aromatic heterocycles. The Labute approximate surface area is 117 Å². The molecular weight excluding hydrogens is 238 g/mol. The third-order valence-corrected chi connectivity index (χ3v) is 4.88. The fraction of sp³-hybridized carbons (Fsp3) is 0.625. The molecule has 1 N–H and O–H groups in total. The van der Waals surface area contributed by atoms with Crippen molar-refractivity contribution >= 4 is 11.8 Å². The van der Waals surface area contributed by atoms with Crippen LogP contribution >= 0.6 is 11.8 Å². The van der Waals surface area contributed by atoms with Gasteiger partial charge in [-0.15, -0.1) is 0 Å². The number of hydrogen-bond donors (Lipinski definition) is 1. The summed E-state index contributed by atoms with van der Waals surface area (Å²) < 4.78 is 0. The van der Waals surface area contributed by atoms with E-state index in [1.165, 1.54) is 37.0 Å². The van der Waals surface area contributed by atoms with Gasteiger partial charge < -0.3 is 5.32 Å². The van der Waals surface area contributed by atoms with Gasteiger partial charge in [-0.3, -0.25) is 0 Å². The number of unbranched alkanes of at least 4 members (excludes halogenated alkanes) is 2. The zero-order chi connectivity index (χ0) is 13.2. The van der Waals surface area contributed by atoms with Crippen LogP contribution in [-0.4, -0.2) is 18.1 Å². The third-order valence-electron chi connectivity index (χ3n) is 3.32. The predicted molar refractivity (Wildman–Crippen MR) is 84.3 cm³/mol. The van der Waals surface area contributed by atoms with Crippen LogP contribution < -0.4 is 5.32 Å². The highest BCUT2D eigenvalue weighted by atomic mass is 32.2. The van der Waals surface area contributed by atoms with E-state index < -0.39 is 0 Å². The zero-order valence-corrected chi connectivity index (χ0v) is 12.8. The molecule has 0 fully saturated rings. The summed E-state index contributed by atoms with van der Waals surface area (Å²) in [5.74, 6) is 1.29. The normalized spacial score (nSPS) is 14.4. The highest BCUT2D eigenvalue weighted by molar-refractivity contribution is 7.99. The summed E-state index contributed by atoms with van der Waals surface area (Å²) in [5, 5.41) is 4.16. The van der Waals surface area contributed by atoms with Crippen LogP contribution in [0.15, 0.2) is 30.3 Å². The standard InChI is InChI=1S/C16H27NS/c1-4-6-10-13-18-15(5-2)16(17-3)14-11-8-7-9-12-14/h7-9,11-12,15-17H,4-6,10,13H2,1-3H3. The van der Waals surface area contributed by atoms with Crippen molar-refractivity contribution in [1.82, 2.24) is 5.32 Å². The molecule has 0 heterocycles. The van der Waals surface area contributed by atoms with Crippen LogP contribution in [0.1, 0.15) is 51.1 Å². The number of rotatable bonds is 9. The number of thioether (sulfide) groups is 1. The first-order chi connectivity index (χ1) is 8.83. The number of nitrogens with one attached hydrogen (secondary N) is 1. The summed E-state index contributed by atoms with van der Waals surface area (Å²) in [4.78, 5) is 0. The Kier molecular flexibility index (Phi) is 8.19. The van der Waals surface area contributed by atoms with Crippen molar-refractivity contribution in [3.8, 4) is 0 Å². The van der Waals surface area contributed by atoms with E-state index in [4.69, 9.17) is 0 Å². The molecule has 18 heavy (non-hydrogen) atoms. The van der Waals surface area contributed by atoms with Gasteiger partial charge >= 0.3 is 0 Å². The molecule has 0 spiro atoms. The Bertz CT molecular complexity index is 299. The molecule has 1 aromatic carbocycles. The Morgan fingerprint density at radius 2 is 1.83 bits per heavy atom. The van der Waals surface area contributed by atoms with Crippen molar-refractivity contribution in [3.63, 3.8) is 0 Å². The topological polar surface area (TPSA) is 12.0 Å². The van der Waals surface area contributed by atoms with Crippen LogP contribution in [0.2, 0.25) is 0 Å². The lowest BCUT2D eigenvalue weighted by molar-refractivity contribution is 0.555. The maximum atomic E-state index is 3.49. The van der Waals surface area contributed by atoms with Crippen molar-refractivity contribution in [2.45, 2.75) is 50.8 Å². The molecule has 0 saturated carbocycles. The summed E-state index contributed by atoms with van der Waals surface area (Å²) in [5.41, 5.74) is 1.41.